The van der Waals surface area contributed by atoms with E-state index in [1.54, 1.807) is 36.4 Å². The van der Waals surface area contributed by atoms with Crippen molar-refractivity contribution in [3.63, 3.8) is 0 Å². The van der Waals surface area contributed by atoms with Gasteiger partial charge in [0.1, 0.15) is 11.8 Å². The second-order valence-corrected chi connectivity index (χ2v) is 7.54. The number of aromatic amines is 1. The number of hydrogen-bond acceptors (Lipinski definition) is 5. The Morgan fingerprint density at radius 2 is 1.79 bits per heavy atom. The van der Waals surface area contributed by atoms with Gasteiger partial charge in [-0.05, 0) is 48.0 Å². The molecular weight excluding hydrogens is 422 g/mol. The van der Waals surface area contributed by atoms with E-state index in [1.165, 1.54) is 14.0 Å². The highest BCUT2D eigenvalue weighted by Crippen LogP contribution is 2.24. The molecule has 0 aliphatic rings. The molecule has 0 radical (unpaired) electrons. The average molecular weight is 445 g/mol. The molecule has 0 saturated heterocycles. The molecule has 0 unspecified atom stereocenters. The smallest absolute Gasteiger partial charge is 0.328 e. The van der Waals surface area contributed by atoms with Gasteiger partial charge in [-0.15, -0.1) is 0 Å². The van der Waals surface area contributed by atoms with Crippen LogP contribution in [0.3, 0.4) is 0 Å². The first kappa shape index (κ1) is 21.9. The number of methoxy groups -OCH3 is 1. The van der Waals surface area contributed by atoms with Crippen molar-refractivity contribution >= 4 is 34.4 Å². The SMILES string of the molecule is COC(=O)[C@H](Cc1c[nH]c2ccccc12)NC(=O)c1ccc(-c2ccc(NC(C)=O)cc2)o1. The number of nitrogens with one attached hydrogen (secondary N) is 3. The third kappa shape index (κ3) is 4.95. The summed E-state index contributed by atoms with van der Waals surface area (Å²) >= 11 is 0. The second kappa shape index (κ2) is 9.44. The Morgan fingerprint density at radius 3 is 2.52 bits per heavy atom. The van der Waals surface area contributed by atoms with Crippen LogP contribution in [0.2, 0.25) is 0 Å². The molecule has 1 atom stereocenters. The Hall–Kier alpha value is -4.33. The molecule has 33 heavy (non-hydrogen) atoms. The molecule has 8 heteroatoms. The maximum absolute atomic E-state index is 12.8. The minimum Gasteiger partial charge on any atom is -0.467 e. The van der Waals surface area contributed by atoms with E-state index in [4.69, 9.17) is 9.15 Å². The highest BCUT2D eigenvalue weighted by molar-refractivity contribution is 5.95. The Balaban J connectivity index is 1.49. The van der Waals surface area contributed by atoms with Crippen molar-refractivity contribution < 1.29 is 23.5 Å². The van der Waals surface area contributed by atoms with Gasteiger partial charge in [0.2, 0.25) is 5.91 Å². The first-order valence-corrected chi connectivity index (χ1v) is 10.4. The lowest BCUT2D eigenvalue weighted by Crippen LogP contribution is -2.42. The number of esters is 1. The summed E-state index contributed by atoms with van der Waals surface area (Å²) in [7, 11) is 1.28. The maximum Gasteiger partial charge on any atom is 0.328 e. The van der Waals surface area contributed by atoms with Crippen LogP contribution in [0.25, 0.3) is 22.2 Å². The fourth-order valence-corrected chi connectivity index (χ4v) is 3.62. The van der Waals surface area contributed by atoms with Crippen LogP contribution in [0.4, 0.5) is 5.69 Å². The summed E-state index contributed by atoms with van der Waals surface area (Å²) in [5.74, 6) is -0.669. The zero-order valence-corrected chi connectivity index (χ0v) is 18.2. The third-order valence-corrected chi connectivity index (χ3v) is 5.21. The van der Waals surface area contributed by atoms with E-state index in [-0.39, 0.29) is 18.1 Å². The number of benzene rings is 2. The van der Waals surface area contributed by atoms with Crippen LogP contribution in [-0.2, 0) is 20.7 Å². The number of para-hydroxylation sites is 1. The molecule has 4 aromatic rings. The Bertz CT molecular complexity index is 1300. The minimum absolute atomic E-state index is 0.0729. The van der Waals surface area contributed by atoms with E-state index in [9.17, 15) is 14.4 Å². The van der Waals surface area contributed by atoms with Crippen LogP contribution in [0.1, 0.15) is 23.0 Å². The molecule has 2 heterocycles. The van der Waals surface area contributed by atoms with Crippen LogP contribution in [-0.4, -0.2) is 35.9 Å². The molecule has 0 bridgehead atoms. The van der Waals surface area contributed by atoms with Gasteiger partial charge in [0.15, 0.2) is 5.76 Å². The van der Waals surface area contributed by atoms with Crippen LogP contribution < -0.4 is 10.6 Å². The first-order chi connectivity index (χ1) is 15.9. The zero-order valence-electron chi connectivity index (χ0n) is 18.2. The minimum atomic E-state index is -0.882. The normalized spacial score (nSPS) is 11.7. The van der Waals surface area contributed by atoms with Gasteiger partial charge in [-0.2, -0.15) is 0 Å². The molecule has 0 saturated carbocycles. The highest BCUT2D eigenvalue weighted by atomic mass is 16.5. The van der Waals surface area contributed by atoms with E-state index in [0.29, 0.717) is 11.4 Å². The molecule has 4 rings (SSSR count). The lowest BCUT2D eigenvalue weighted by atomic mass is 10.0. The van der Waals surface area contributed by atoms with Gasteiger partial charge < -0.3 is 24.8 Å². The number of rotatable bonds is 7. The molecule has 0 aliphatic heterocycles. The predicted molar refractivity (Wildman–Crippen MR) is 124 cm³/mol. The van der Waals surface area contributed by atoms with Gasteiger partial charge in [-0.1, -0.05) is 18.2 Å². The molecule has 0 fully saturated rings. The molecule has 0 spiro atoms. The van der Waals surface area contributed by atoms with Crippen molar-refractivity contribution in [2.45, 2.75) is 19.4 Å². The quantitative estimate of drug-likeness (QED) is 0.374. The van der Waals surface area contributed by atoms with Crippen molar-refractivity contribution in [3.8, 4) is 11.3 Å². The summed E-state index contributed by atoms with van der Waals surface area (Å²) in [4.78, 5) is 39.5. The molecular formula is C25H23N3O5. The topological polar surface area (TPSA) is 113 Å². The number of anilines is 1. The van der Waals surface area contributed by atoms with Crippen molar-refractivity contribution in [1.29, 1.82) is 0 Å². The van der Waals surface area contributed by atoms with Crippen LogP contribution >= 0.6 is 0 Å². The Kier molecular flexibility index (Phi) is 6.26. The zero-order chi connectivity index (χ0) is 23.4. The second-order valence-electron chi connectivity index (χ2n) is 7.54. The van der Waals surface area contributed by atoms with E-state index >= 15 is 0 Å². The number of aromatic nitrogens is 1. The van der Waals surface area contributed by atoms with E-state index in [0.717, 1.165) is 22.0 Å². The van der Waals surface area contributed by atoms with E-state index in [2.05, 4.69) is 15.6 Å². The van der Waals surface area contributed by atoms with Crippen molar-refractivity contribution in [3.05, 3.63) is 78.2 Å². The van der Waals surface area contributed by atoms with Crippen molar-refractivity contribution in [2.24, 2.45) is 0 Å². The van der Waals surface area contributed by atoms with Gasteiger partial charge in [0.25, 0.3) is 5.91 Å². The van der Waals surface area contributed by atoms with E-state index < -0.39 is 17.9 Å². The molecule has 3 N–H and O–H groups in total. The van der Waals surface area contributed by atoms with E-state index in [1.807, 2.05) is 30.5 Å². The maximum atomic E-state index is 12.8. The molecule has 2 aromatic carbocycles. The van der Waals surface area contributed by atoms with Gasteiger partial charge in [-0.25, -0.2) is 4.79 Å². The number of carbonyl (C=O) groups is 3. The van der Waals surface area contributed by atoms with Crippen molar-refractivity contribution in [1.82, 2.24) is 10.3 Å². The largest absolute Gasteiger partial charge is 0.467 e. The van der Waals surface area contributed by atoms with Gasteiger partial charge >= 0.3 is 5.97 Å². The fraction of sp³-hybridized carbons (Fsp3) is 0.160. The number of ether oxygens (including phenoxy) is 1. The summed E-state index contributed by atoms with van der Waals surface area (Å²) in [6.07, 6.45) is 2.09. The number of fused-ring (bicyclic) bond motifs is 1. The van der Waals surface area contributed by atoms with Crippen LogP contribution in [0.5, 0.6) is 0 Å². The summed E-state index contributed by atoms with van der Waals surface area (Å²) in [5, 5.41) is 6.38. The lowest BCUT2D eigenvalue weighted by Gasteiger charge is -2.15. The fourth-order valence-electron chi connectivity index (χ4n) is 3.62. The first-order valence-electron chi connectivity index (χ1n) is 10.4. The lowest BCUT2D eigenvalue weighted by molar-refractivity contribution is -0.142. The molecule has 0 aliphatic carbocycles. The molecule has 2 aromatic heterocycles. The van der Waals surface area contributed by atoms with Gasteiger partial charge in [-0.3, -0.25) is 9.59 Å². The molecule has 8 nitrogen and oxygen atoms in total. The monoisotopic (exact) mass is 445 g/mol. The van der Waals surface area contributed by atoms with Crippen LogP contribution in [0.15, 0.2) is 71.3 Å². The number of amides is 2. The third-order valence-electron chi connectivity index (χ3n) is 5.21. The number of furan rings is 1. The summed E-state index contributed by atoms with van der Waals surface area (Å²) in [6.45, 7) is 1.44. The molecule has 2 amide bonds. The average Bonchev–Trinajstić information content (AvgIpc) is 3.46. The predicted octanol–water partition coefficient (Wildman–Crippen LogP) is 3.90. The van der Waals surface area contributed by atoms with Gasteiger partial charge in [0, 0.05) is 41.7 Å². The summed E-state index contributed by atoms with van der Waals surface area (Å²) in [6, 6.07) is 17.1. The number of hydrogen-bond donors (Lipinski definition) is 3. The summed E-state index contributed by atoms with van der Waals surface area (Å²) < 4.78 is 10.6. The number of carbonyl (C=O) groups excluding carboxylic acids is 3. The van der Waals surface area contributed by atoms with Crippen molar-refractivity contribution in [2.75, 3.05) is 12.4 Å². The summed E-state index contributed by atoms with van der Waals surface area (Å²) in [5.41, 5.74) is 3.24. The van der Waals surface area contributed by atoms with Crippen LogP contribution in [0, 0.1) is 0 Å². The Labute approximate surface area is 189 Å². The Morgan fingerprint density at radius 1 is 1.03 bits per heavy atom. The standard InChI is InChI=1S/C25H23N3O5/c1-15(29)27-18-9-7-16(8-10-18)22-11-12-23(33-22)24(30)28-21(25(31)32-2)13-17-14-26-20-6-4-3-5-19(17)20/h3-12,14,21,26H,13H2,1-2H3,(H,27,29)(H,28,30)/t21-/m0/s1. The molecule has 168 valence electrons. The van der Waals surface area contributed by atoms with Gasteiger partial charge in [0.05, 0.1) is 7.11 Å². The highest BCUT2D eigenvalue weighted by Gasteiger charge is 2.25. The number of H-pyrrole nitrogens is 1.